The fourth-order valence-electron chi connectivity index (χ4n) is 2.23. The number of nitrogens with one attached hydrogen (secondary N) is 1. The van der Waals surface area contributed by atoms with Gasteiger partial charge >= 0.3 is 5.97 Å². The van der Waals surface area contributed by atoms with E-state index in [0.717, 1.165) is 0 Å². The molecule has 2 rings (SSSR count). The molecule has 1 saturated heterocycles. The van der Waals surface area contributed by atoms with Gasteiger partial charge in [-0.3, -0.25) is 4.79 Å². The van der Waals surface area contributed by atoms with Gasteiger partial charge in [0, 0.05) is 13.0 Å². The largest absolute Gasteiger partial charge is 0.480 e. The number of aliphatic carboxylic acids is 1. The minimum absolute atomic E-state index is 0.143. The molecule has 6 heteroatoms. The number of carboxylic acid groups (broad SMARTS) is 1. The smallest absolute Gasteiger partial charge is 0.326 e. The van der Waals surface area contributed by atoms with Crippen molar-refractivity contribution in [2.24, 2.45) is 5.92 Å². The fraction of sp³-hybridized carbons (Fsp3) is 0.400. The Kier molecular flexibility index (Phi) is 4.90. The summed E-state index contributed by atoms with van der Waals surface area (Å²) in [6.07, 6.45) is 0.756. The van der Waals surface area contributed by atoms with E-state index in [1.54, 1.807) is 24.3 Å². The molecule has 1 aliphatic rings. The molecule has 6 nitrogen and oxygen atoms in total. The Morgan fingerprint density at radius 2 is 2.33 bits per heavy atom. The van der Waals surface area contributed by atoms with Crippen LogP contribution in [0.4, 0.5) is 0 Å². The molecule has 0 saturated carbocycles. The van der Waals surface area contributed by atoms with Crippen LogP contribution in [0.3, 0.4) is 0 Å². The van der Waals surface area contributed by atoms with Crippen molar-refractivity contribution >= 4 is 11.9 Å². The Morgan fingerprint density at radius 3 is 2.95 bits per heavy atom. The Hall–Kier alpha value is -2.39. The zero-order chi connectivity index (χ0) is 15.2. The number of carboxylic acids is 1. The van der Waals surface area contributed by atoms with Gasteiger partial charge in [-0.2, -0.15) is 5.26 Å². The van der Waals surface area contributed by atoms with Gasteiger partial charge < -0.3 is 15.2 Å². The summed E-state index contributed by atoms with van der Waals surface area (Å²) in [4.78, 5) is 23.3. The number of carbonyl (C=O) groups excluding carboxylic acids is 1. The first-order chi connectivity index (χ1) is 10.1. The van der Waals surface area contributed by atoms with Crippen LogP contribution >= 0.6 is 0 Å². The van der Waals surface area contributed by atoms with Crippen molar-refractivity contribution in [3.63, 3.8) is 0 Å². The number of nitrogens with zero attached hydrogens (tertiary/aromatic N) is 1. The second kappa shape index (κ2) is 6.86. The second-order valence-electron chi connectivity index (χ2n) is 4.98. The average Bonchev–Trinajstić information content (AvgIpc) is 3.01. The van der Waals surface area contributed by atoms with Gasteiger partial charge in [-0.25, -0.2) is 4.79 Å². The molecule has 21 heavy (non-hydrogen) atoms. The topological polar surface area (TPSA) is 99.4 Å². The van der Waals surface area contributed by atoms with Crippen LogP contribution in [0.15, 0.2) is 24.3 Å². The lowest BCUT2D eigenvalue weighted by molar-refractivity contribution is -0.142. The first-order valence-corrected chi connectivity index (χ1v) is 6.70. The summed E-state index contributed by atoms with van der Waals surface area (Å²) < 4.78 is 5.12. The van der Waals surface area contributed by atoms with Crippen LogP contribution in [0.2, 0.25) is 0 Å². The molecule has 2 N–H and O–H groups in total. The van der Waals surface area contributed by atoms with Crippen molar-refractivity contribution in [3.8, 4) is 6.07 Å². The van der Waals surface area contributed by atoms with Crippen molar-refractivity contribution in [3.05, 3.63) is 35.4 Å². The minimum Gasteiger partial charge on any atom is -0.480 e. The lowest BCUT2D eigenvalue weighted by Gasteiger charge is -2.17. The first-order valence-electron chi connectivity index (χ1n) is 6.70. The van der Waals surface area contributed by atoms with Gasteiger partial charge in [0.25, 0.3) is 0 Å². The monoisotopic (exact) mass is 288 g/mol. The predicted octanol–water partition coefficient (Wildman–Crippen LogP) is 0.707. The third-order valence-electron chi connectivity index (χ3n) is 3.41. The minimum atomic E-state index is -1.09. The number of benzene rings is 1. The van der Waals surface area contributed by atoms with Crippen LogP contribution < -0.4 is 5.32 Å². The Bertz CT molecular complexity index is 573. The highest BCUT2D eigenvalue weighted by Crippen LogP contribution is 2.13. The van der Waals surface area contributed by atoms with Crippen LogP contribution in [-0.2, 0) is 20.7 Å². The van der Waals surface area contributed by atoms with Gasteiger partial charge in [0.05, 0.1) is 24.2 Å². The summed E-state index contributed by atoms with van der Waals surface area (Å²) in [5, 5.41) is 20.6. The highest BCUT2D eigenvalue weighted by Gasteiger charge is 2.28. The quantitative estimate of drug-likeness (QED) is 0.831. The maximum atomic E-state index is 12.0. The molecule has 110 valence electrons. The molecule has 1 amide bonds. The molecule has 2 atom stereocenters. The summed E-state index contributed by atoms with van der Waals surface area (Å²) in [5.74, 6) is -1.67. The van der Waals surface area contributed by atoms with Gasteiger partial charge in [-0.1, -0.05) is 12.1 Å². The van der Waals surface area contributed by atoms with E-state index in [1.807, 2.05) is 6.07 Å². The Balaban J connectivity index is 2.03. The van der Waals surface area contributed by atoms with Gasteiger partial charge in [-0.05, 0) is 24.1 Å². The highest BCUT2D eigenvalue weighted by molar-refractivity contribution is 5.85. The van der Waals surface area contributed by atoms with E-state index in [2.05, 4.69) is 5.32 Å². The molecule has 1 aliphatic heterocycles. The number of nitriles is 1. The van der Waals surface area contributed by atoms with E-state index >= 15 is 0 Å². The second-order valence-corrected chi connectivity index (χ2v) is 4.98. The molecule has 1 aromatic rings. The average molecular weight is 288 g/mol. The van der Waals surface area contributed by atoms with Crippen molar-refractivity contribution in [1.82, 2.24) is 5.32 Å². The molecule has 0 spiro atoms. The van der Waals surface area contributed by atoms with Crippen molar-refractivity contribution < 1.29 is 19.4 Å². The van der Waals surface area contributed by atoms with E-state index in [-0.39, 0.29) is 18.2 Å². The number of ether oxygens (including phenoxy) is 1. The molecular formula is C15H16N2O4. The molecule has 1 heterocycles. The number of hydrogen-bond acceptors (Lipinski definition) is 4. The zero-order valence-corrected chi connectivity index (χ0v) is 11.4. The van der Waals surface area contributed by atoms with Gasteiger partial charge in [-0.15, -0.1) is 0 Å². The molecule has 0 unspecified atom stereocenters. The fourth-order valence-corrected chi connectivity index (χ4v) is 2.23. The summed E-state index contributed by atoms with van der Waals surface area (Å²) in [6.45, 7) is 0.863. The van der Waals surface area contributed by atoms with E-state index in [4.69, 9.17) is 10.00 Å². The van der Waals surface area contributed by atoms with Gasteiger partial charge in [0.2, 0.25) is 5.91 Å². The van der Waals surface area contributed by atoms with Crippen molar-refractivity contribution in [2.75, 3.05) is 13.2 Å². The van der Waals surface area contributed by atoms with Crippen LogP contribution in [0, 0.1) is 17.2 Å². The van der Waals surface area contributed by atoms with E-state index in [1.165, 1.54) is 0 Å². The van der Waals surface area contributed by atoms with Crippen LogP contribution in [-0.4, -0.2) is 36.2 Å². The summed E-state index contributed by atoms with van der Waals surface area (Å²) in [6, 6.07) is 7.70. The van der Waals surface area contributed by atoms with Gasteiger partial charge in [0.1, 0.15) is 6.04 Å². The van der Waals surface area contributed by atoms with Crippen molar-refractivity contribution in [2.45, 2.75) is 18.9 Å². The number of carbonyl (C=O) groups is 2. The van der Waals surface area contributed by atoms with Crippen molar-refractivity contribution in [1.29, 1.82) is 5.26 Å². The normalized spacial score (nSPS) is 18.7. The maximum Gasteiger partial charge on any atom is 0.326 e. The zero-order valence-electron chi connectivity index (χ0n) is 11.4. The lowest BCUT2D eigenvalue weighted by Crippen LogP contribution is -2.45. The van der Waals surface area contributed by atoms with Crippen LogP contribution in [0.5, 0.6) is 0 Å². The Morgan fingerprint density at radius 1 is 1.52 bits per heavy atom. The first kappa shape index (κ1) is 15.0. The van der Waals surface area contributed by atoms with Crippen LogP contribution in [0.1, 0.15) is 17.5 Å². The molecule has 0 aliphatic carbocycles. The number of rotatable bonds is 5. The molecule has 0 radical (unpaired) electrons. The lowest BCUT2D eigenvalue weighted by atomic mass is 10.0. The predicted molar refractivity (Wildman–Crippen MR) is 73.4 cm³/mol. The maximum absolute atomic E-state index is 12.0. The molecule has 1 aromatic carbocycles. The molecular weight excluding hydrogens is 272 g/mol. The third kappa shape index (κ3) is 4.04. The molecule has 1 fully saturated rings. The highest BCUT2D eigenvalue weighted by atomic mass is 16.5. The van der Waals surface area contributed by atoms with Crippen LogP contribution in [0.25, 0.3) is 0 Å². The standard InChI is InChI=1S/C15H16N2O4/c16-8-11-3-1-2-10(6-11)7-13(15(19)20)17-14(18)12-4-5-21-9-12/h1-3,6,12-13H,4-5,7,9H2,(H,17,18)(H,19,20)/t12-,13+/m1/s1. The van der Waals surface area contributed by atoms with Gasteiger partial charge in [0.15, 0.2) is 0 Å². The molecule has 0 bridgehead atoms. The Labute approximate surface area is 122 Å². The van der Waals surface area contributed by atoms with E-state index < -0.39 is 12.0 Å². The summed E-state index contributed by atoms with van der Waals surface area (Å²) >= 11 is 0. The van der Waals surface area contributed by atoms with E-state index in [9.17, 15) is 14.7 Å². The summed E-state index contributed by atoms with van der Waals surface area (Å²) in [7, 11) is 0. The number of amides is 1. The third-order valence-corrected chi connectivity index (χ3v) is 3.41. The molecule has 0 aromatic heterocycles. The number of hydrogen-bond donors (Lipinski definition) is 2. The van der Waals surface area contributed by atoms with E-state index in [0.29, 0.717) is 30.8 Å². The SMILES string of the molecule is N#Cc1cccc(C[C@H](NC(=O)[C@@H]2CCOC2)C(=O)O)c1. The summed E-state index contributed by atoms with van der Waals surface area (Å²) in [5.41, 5.74) is 1.16.